The monoisotopic (exact) mass is 797 g/mol. The minimum Gasteiger partial charge on any atom is -0.456 e. The van der Waals surface area contributed by atoms with Gasteiger partial charge in [0, 0.05) is 38.2 Å². The zero-order valence-electron chi connectivity index (χ0n) is 32.9. The number of fused-ring (bicyclic) bond motifs is 7. The smallest absolute Gasteiger partial charge is 0.179 e. The highest BCUT2D eigenvalue weighted by Crippen LogP contribution is 2.42. The third-order valence-corrected chi connectivity index (χ3v) is 16.8. The Morgan fingerprint density at radius 2 is 0.820 bits per heavy atom. The number of furan rings is 2. The van der Waals surface area contributed by atoms with Gasteiger partial charge in [-0.05, 0) is 55.8 Å². The molecule has 61 heavy (non-hydrogen) atoms. The van der Waals surface area contributed by atoms with Crippen LogP contribution in [0.4, 0.5) is 0 Å². The van der Waals surface area contributed by atoms with Crippen LogP contribution in [0.5, 0.6) is 0 Å². The minimum absolute atomic E-state index is 0.564. The number of benzene rings is 9. The van der Waals surface area contributed by atoms with Crippen LogP contribution in [0.15, 0.2) is 221 Å². The molecule has 0 spiro atoms. The van der Waals surface area contributed by atoms with E-state index in [4.69, 9.17) is 23.8 Å². The molecule has 0 amide bonds. The van der Waals surface area contributed by atoms with E-state index in [1.54, 1.807) is 0 Å². The van der Waals surface area contributed by atoms with E-state index in [1.807, 2.05) is 42.5 Å². The van der Waals surface area contributed by atoms with E-state index >= 15 is 0 Å². The predicted octanol–water partition coefficient (Wildman–Crippen LogP) is 11.2. The van der Waals surface area contributed by atoms with Gasteiger partial charge in [-0.2, -0.15) is 0 Å². The van der Waals surface area contributed by atoms with Crippen LogP contribution in [0, 0.1) is 0 Å². The number of aromatic nitrogens is 3. The first-order valence-electron chi connectivity index (χ1n) is 20.5. The fourth-order valence-electron chi connectivity index (χ4n) is 9.44. The maximum Gasteiger partial charge on any atom is 0.179 e. The molecule has 0 bridgehead atoms. The Bertz CT molecular complexity index is 3500. The molecular weight excluding hydrogens is 763 g/mol. The van der Waals surface area contributed by atoms with Crippen LogP contribution in [0.2, 0.25) is 0 Å². The van der Waals surface area contributed by atoms with Gasteiger partial charge in [0.15, 0.2) is 25.5 Å². The third-order valence-electron chi connectivity index (χ3n) is 12.1. The Morgan fingerprint density at radius 3 is 1.49 bits per heavy atom. The van der Waals surface area contributed by atoms with E-state index in [1.165, 1.54) is 20.7 Å². The third kappa shape index (κ3) is 5.57. The zero-order valence-corrected chi connectivity index (χ0v) is 33.9. The van der Waals surface area contributed by atoms with Crippen molar-refractivity contribution in [3.63, 3.8) is 0 Å². The molecule has 0 aliphatic carbocycles. The van der Waals surface area contributed by atoms with Crippen molar-refractivity contribution < 1.29 is 8.83 Å². The molecule has 3 heterocycles. The second-order valence-corrected chi connectivity index (χ2v) is 19.3. The SMILES string of the molecule is c1ccc([Si](c2ccccc2)(c2ccccc2)c2cccc(-c3nc(-c4cccc5oc6ccccc6c45)nc(-c4c5ccccc5cc5oc6ccccc6c45)n3)c2)cc1. The van der Waals surface area contributed by atoms with E-state index < -0.39 is 8.07 Å². The van der Waals surface area contributed by atoms with Crippen LogP contribution in [0.25, 0.3) is 88.8 Å². The molecule has 0 unspecified atom stereocenters. The fourth-order valence-corrected chi connectivity index (χ4v) is 14.2. The molecule has 0 N–H and O–H groups in total. The lowest BCUT2D eigenvalue weighted by molar-refractivity contribution is 0.669. The van der Waals surface area contributed by atoms with Crippen molar-refractivity contribution in [2.75, 3.05) is 0 Å². The van der Waals surface area contributed by atoms with Crippen molar-refractivity contribution in [2.24, 2.45) is 0 Å². The van der Waals surface area contributed by atoms with E-state index in [0.717, 1.165) is 71.3 Å². The standard InChI is InChI=1S/C55H35N3O2Si/c1-4-20-38(21-5-1)61(39-22-6-2-7-23-39,40-24-8-3-9-25-40)41-26-16-19-37(34-41)53-56-54(45-30-17-33-48-50(45)43-28-12-14-31-46(43)59-48)58-55(57-53)52-42-27-11-10-18-36(42)35-49-51(52)44-29-13-15-32-47(44)60-49/h1-35H. The normalized spacial score (nSPS) is 11.9. The van der Waals surface area contributed by atoms with Gasteiger partial charge in [-0.3, -0.25) is 0 Å². The van der Waals surface area contributed by atoms with Gasteiger partial charge < -0.3 is 8.83 Å². The Kier molecular flexibility index (Phi) is 8.11. The summed E-state index contributed by atoms with van der Waals surface area (Å²) in [5.41, 5.74) is 5.88. The molecule has 0 saturated heterocycles. The van der Waals surface area contributed by atoms with Crippen molar-refractivity contribution in [3.05, 3.63) is 212 Å². The van der Waals surface area contributed by atoms with Crippen molar-refractivity contribution in [1.82, 2.24) is 15.0 Å². The summed E-state index contributed by atoms with van der Waals surface area (Å²) in [5, 5.41) is 11.2. The van der Waals surface area contributed by atoms with Gasteiger partial charge in [0.1, 0.15) is 22.3 Å². The first kappa shape index (κ1) is 35.0. The highest BCUT2D eigenvalue weighted by atomic mass is 28.3. The lowest BCUT2D eigenvalue weighted by Crippen LogP contribution is -2.74. The van der Waals surface area contributed by atoms with Crippen LogP contribution in [-0.4, -0.2) is 23.0 Å². The van der Waals surface area contributed by atoms with Crippen LogP contribution in [0.3, 0.4) is 0 Å². The second kappa shape index (κ2) is 14.1. The Balaban J connectivity index is 1.18. The van der Waals surface area contributed by atoms with E-state index in [-0.39, 0.29) is 0 Å². The predicted molar refractivity (Wildman–Crippen MR) is 252 cm³/mol. The molecule has 0 aliphatic heterocycles. The number of nitrogens with zero attached hydrogens (tertiary/aromatic N) is 3. The molecular formula is C55H35N3O2Si. The van der Waals surface area contributed by atoms with Crippen molar-refractivity contribution in [2.45, 2.75) is 0 Å². The number of para-hydroxylation sites is 2. The largest absolute Gasteiger partial charge is 0.456 e. The molecule has 12 aromatic rings. The summed E-state index contributed by atoms with van der Waals surface area (Å²) in [7, 11) is -2.87. The average molecular weight is 798 g/mol. The highest BCUT2D eigenvalue weighted by Gasteiger charge is 2.41. The molecule has 3 aromatic heterocycles. The van der Waals surface area contributed by atoms with E-state index in [2.05, 4.69) is 170 Å². The van der Waals surface area contributed by atoms with Gasteiger partial charge in [-0.1, -0.05) is 188 Å². The second-order valence-electron chi connectivity index (χ2n) is 15.5. The number of rotatable bonds is 7. The van der Waals surface area contributed by atoms with Gasteiger partial charge in [0.05, 0.1) is 0 Å². The van der Waals surface area contributed by atoms with Gasteiger partial charge in [-0.15, -0.1) is 0 Å². The molecule has 12 rings (SSSR count). The summed E-state index contributed by atoms with van der Waals surface area (Å²) < 4.78 is 12.9. The lowest BCUT2D eigenvalue weighted by Gasteiger charge is -2.34. The Hall–Kier alpha value is -7.93. The Labute approximate surface area is 352 Å². The number of hydrogen-bond acceptors (Lipinski definition) is 5. The molecule has 5 nitrogen and oxygen atoms in total. The summed E-state index contributed by atoms with van der Waals surface area (Å²) in [6, 6.07) is 74.9. The molecule has 286 valence electrons. The maximum absolute atomic E-state index is 6.55. The lowest BCUT2D eigenvalue weighted by atomic mass is 9.97. The molecule has 0 atom stereocenters. The van der Waals surface area contributed by atoms with Crippen LogP contribution < -0.4 is 20.7 Å². The molecule has 9 aromatic carbocycles. The molecule has 0 radical (unpaired) electrons. The minimum atomic E-state index is -2.87. The van der Waals surface area contributed by atoms with Crippen LogP contribution >= 0.6 is 0 Å². The Morgan fingerprint density at radius 1 is 0.328 bits per heavy atom. The van der Waals surface area contributed by atoms with Crippen molar-refractivity contribution >= 4 is 83.5 Å². The van der Waals surface area contributed by atoms with Gasteiger partial charge in [0.2, 0.25) is 0 Å². The van der Waals surface area contributed by atoms with E-state index in [9.17, 15) is 0 Å². The first-order valence-corrected chi connectivity index (χ1v) is 22.5. The number of hydrogen-bond donors (Lipinski definition) is 0. The van der Waals surface area contributed by atoms with Crippen molar-refractivity contribution in [1.29, 1.82) is 0 Å². The first-order chi connectivity index (χ1) is 30.2. The quantitative estimate of drug-likeness (QED) is 0.119. The summed E-state index contributed by atoms with van der Waals surface area (Å²) in [5.74, 6) is 1.72. The van der Waals surface area contributed by atoms with E-state index in [0.29, 0.717) is 17.5 Å². The maximum atomic E-state index is 6.55. The molecule has 0 fully saturated rings. The van der Waals surface area contributed by atoms with Crippen LogP contribution in [-0.2, 0) is 0 Å². The summed E-state index contributed by atoms with van der Waals surface area (Å²) in [6.07, 6.45) is 0. The molecule has 0 aliphatic rings. The van der Waals surface area contributed by atoms with Gasteiger partial charge in [-0.25, -0.2) is 15.0 Å². The van der Waals surface area contributed by atoms with Crippen LogP contribution in [0.1, 0.15) is 0 Å². The van der Waals surface area contributed by atoms with Crippen molar-refractivity contribution in [3.8, 4) is 34.2 Å². The van der Waals surface area contributed by atoms with Gasteiger partial charge in [0.25, 0.3) is 0 Å². The van der Waals surface area contributed by atoms with Gasteiger partial charge >= 0.3 is 0 Å². The zero-order chi connectivity index (χ0) is 40.3. The average Bonchev–Trinajstić information content (AvgIpc) is 3.90. The topological polar surface area (TPSA) is 65.0 Å². The highest BCUT2D eigenvalue weighted by molar-refractivity contribution is 7.19. The fraction of sp³-hybridized carbons (Fsp3) is 0. The summed E-state index contributed by atoms with van der Waals surface area (Å²) in [4.78, 5) is 16.3. The summed E-state index contributed by atoms with van der Waals surface area (Å²) in [6.45, 7) is 0. The molecule has 6 heteroatoms. The summed E-state index contributed by atoms with van der Waals surface area (Å²) >= 11 is 0. The molecule has 0 saturated carbocycles.